The summed E-state index contributed by atoms with van der Waals surface area (Å²) in [5, 5.41) is 0. The summed E-state index contributed by atoms with van der Waals surface area (Å²) in [6.07, 6.45) is 6.72. The minimum Gasteiger partial charge on any atom is -0.324 e. The van der Waals surface area contributed by atoms with Crippen LogP contribution in [0.25, 0.3) is 0 Å². The van der Waals surface area contributed by atoms with Crippen LogP contribution in [0.5, 0.6) is 0 Å². The van der Waals surface area contributed by atoms with E-state index in [2.05, 4.69) is 39.8 Å². The number of nitrogens with two attached hydrogens (primary N) is 1. The first kappa shape index (κ1) is 14.6. The van der Waals surface area contributed by atoms with Gasteiger partial charge in [0.25, 0.3) is 0 Å². The molecule has 1 aromatic rings. The molecule has 106 valence electrons. The summed E-state index contributed by atoms with van der Waals surface area (Å²) in [4.78, 5) is 0. The highest BCUT2D eigenvalue weighted by atomic mass is 14.7. The molecule has 0 spiro atoms. The summed E-state index contributed by atoms with van der Waals surface area (Å²) in [6.45, 7) is 8.93. The van der Waals surface area contributed by atoms with Gasteiger partial charge in [0.1, 0.15) is 0 Å². The van der Waals surface area contributed by atoms with Gasteiger partial charge in [-0.1, -0.05) is 43.9 Å². The molecule has 19 heavy (non-hydrogen) atoms. The summed E-state index contributed by atoms with van der Waals surface area (Å²) in [6, 6.07) is 4.79. The molecule has 2 rings (SSSR count). The lowest BCUT2D eigenvalue weighted by molar-refractivity contribution is 0.230. The molecule has 3 atom stereocenters. The molecule has 0 saturated heterocycles. The van der Waals surface area contributed by atoms with Crippen molar-refractivity contribution >= 4 is 0 Å². The predicted molar refractivity (Wildman–Crippen MR) is 83.3 cm³/mol. The Hall–Kier alpha value is -0.820. The Labute approximate surface area is 118 Å². The molecule has 3 unspecified atom stereocenters. The van der Waals surface area contributed by atoms with Crippen LogP contribution in [-0.2, 0) is 0 Å². The van der Waals surface area contributed by atoms with Crippen LogP contribution < -0.4 is 5.73 Å². The Kier molecular flexibility index (Phi) is 4.67. The molecule has 1 aliphatic rings. The molecule has 0 amide bonds. The van der Waals surface area contributed by atoms with Crippen LogP contribution in [0.2, 0.25) is 0 Å². The quantitative estimate of drug-likeness (QED) is 0.826. The first-order valence-electron chi connectivity index (χ1n) is 7.86. The van der Waals surface area contributed by atoms with Gasteiger partial charge in [-0.15, -0.1) is 0 Å². The summed E-state index contributed by atoms with van der Waals surface area (Å²) in [5.41, 5.74) is 12.2. The maximum Gasteiger partial charge on any atom is 0.0328 e. The van der Waals surface area contributed by atoms with Crippen molar-refractivity contribution in [2.24, 2.45) is 17.6 Å². The average Bonchev–Trinajstić information content (AvgIpc) is 2.37. The maximum atomic E-state index is 6.64. The minimum atomic E-state index is 0.231. The van der Waals surface area contributed by atoms with Crippen LogP contribution in [0.4, 0.5) is 0 Å². The van der Waals surface area contributed by atoms with Gasteiger partial charge >= 0.3 is 0 Å². The molecule has 1 fully saturated rings. The van der Waals surface area contributed by atoms with Crippen LogP contribution in [0.3, 0.4) is 0 Å². The second-order valence-corrected chi connectivity index (χ2v) is 6.54. The van der Waals surface area contributed by atoms with E-state index in [0.717, 1.165) is 5.92 Å². The molecule has 0 aromatic heterocycles. The topological polar surface area (TPSA) is 26.0 Å². The summed E-state index contributed by atoms with van der Waals surface area (Å²) >= 11 is 0. The SMILES string of the molecule is CCC1CCCC(C(N)c2c(C)cc(C)cc2C)C1. The smallest absolute Gasteiger partial charge is 0.0328 e. The minimum absolute atomic E-state index is 0.231. The van der Waals surface area contributed by atoms with Gasteiger partial charge in [-0.25, -0.2) is 0 Å². The highest BCUT2D eigenvalue weighted by Crippen LogP contribution is 2.39. The van der Waals surface area contributed by atoms with Gasteiger partial charge in [0.05, 0.1) is 0 Å². The molecule has 0 radical (unpaired) electrons. The first-order chi connectivity index (χ1) is 9.02. The molecule has 1 saturated carbocycles. The first-order valence-corrected chi connectivity index (χ1v) is 7.86. The van der Waals surface area contributed by atoms with Crippen molar-refractivity contribution in [3.8, 4) is 0 Å². The van der Waals surface area contributed by atoms with Crippen molar-refractivity contribution < 1.29 is 0 Å². The fourth-order valence-electron chi connectivity index (χ4n) is 3.98. The molecule has 2 N–H and O–H groups in total. The van der Waals surface area contributed by atoms with Gasteiger partial charge in [-0.05, 0) is 62.1 Å². The van der Waals surface area contributed by atoms with Crippen LogP contribution in [0.15, 0.2) is 12.1 Å². The maximum absolute atomic E-state index is 6.64. The molecular formula is C18H29N. The Morgan fingerprint density at radius 3 is 2.37 bits per heavy atom. The highest BCUT2D eigenvalue weighted by molar-refractivity contribution is 5.39. The monoisotopic (exact) mass is 259 g/mol. The van der Waals surface area contributed by atoms with Crippen LogP contribution >= 0.6 is 0 Å². The zero-order valence-corrected chi connectivity index (χ0v) is 13.0. The van der Waals surface area contributed by atoms with Gasteiger partial charge < -0.3 is 5.73 Å². The Balaban J connectivity index is 2.21. The largest absolute Gasteiger partial charge is 0.324 e. The normalized spacial score (nSPS) is 25.3. The molecule has 1 nitrogen and oxygen atoms in total. The molecule has 1 aromatic carbocycles. The van der Waals surface area contributed by atoms with E-state index < -0.39 is 0 Å². The zero-order chi connectivity index (χ0) is 14.0. The van der Waals surface area contributed by atoms with E-state index in [1.165, 1.54) is 54.4 Å². The van der Waals surface area contributed by atoms with Crippen molar-refractivity contribution in [2.45, 2.75) is 65.8 Å². The summed E-state index contributed by atoms with van der Waals surface area (Å²) < 4.78 is 0. The molecule has 1 heteroatoms. The van der Waals surface area contributed by atoms with Crippen LogP contribution in [0.1, 0.15) is 67.3 Å². The lowest BCUT2D eigenvalue weighted by atomic mass is 9.74. The number of aryl methyl sites for hydroxylation is 3. The average molecular weight is 259 g/mol. The zero-order valence-electron chi connectivity index (χ0n) is 13.0. The summed E-state index contributed by atoms with van der Waals surface area (Å²) in [7, 11) is 0. The van der Waals surface area contributed by atoms with Crippen LogP contribution in [-0.4, -0.2) is 0 Å². The highest BCUT2D eigenvalue weighted by Gasteiger charge is 2.28. The summed E-state index contributed by atoms with van der Waals surface area (Å²) in [5.74, 6) is 1.58. The second-order valence-electron chi connectivity index (χ2n) is 6.54. The van der Waals surface area contributed by atoms with E-state index in [1.54, 1.807) is 0 Å². The Bertz CT molecular complexity index is 412. The third kappa shape index (κ3) is 3.20. The van der Waals surface area contributed by atoms with Gasteiger partial charge in [-0.3, -0.25) is 0 Å². The number of hydrogen-bond acceptors (Lipinski definition) is 1. The molecule has 0 aliphatic heterocycles. The number of benzene rings is 1. The fraction of sp³-hybridized carbons (Fsp3) is 0.667. The third-order valence-electron chi connectivity index (χ3n) is 4.98. The fourth-order valence-corrected chi connectivity index (χ4v) is 3.98. The molecular weight excluding hydrogens is 230 g/mol. The van der Waals surface area contributed by atoms with Gasteiger partial charge in [0.2, 0.25) is 0 Å². The van der Waals surface area contributed by atoms with Crippen molar-refractivity contribution in [1.82, 2.24) is 0 Å². The number of hydrogen-bond donors (Lipinski definition) is 1. The van der Waals surface area contributed by atoms with Crippen molar-refractivity contribution in [3.05, 3.63) is 34.4 Å². The number of rotatable bonds is 3. The Morgan fingerprint density at radius 2 is 1.79 bits per heavy atom. The Morgan fingerprint density at radius 1 is 1.16 bits per heavy atom. The van der Waals surface area contributed by atoms with Gasteiger partial charge in [0, 0.05) is 6.04 Å². The van der Waals surface area contributed by atoms with E-state index in [4.69, 9.17) is 5.73 Å². The van der Waals surface area contributed by atoms with Crippen molar-refractivity contribution in [2.75, 3.05) is 0 Å². The lowest BCUT2D eigenvalue weighted by Gasteiger charge is -2.34. The van der Waals surface area contributed by atoms with E-state index >= 15 is 0 Å². The predicted octanol–water partition coefficient (Wildman–Crippen LogP) is 4.83. The van der Waals surface area contributed by atoms with Gasteiger partial charge in [-0.2, -0.15) is 0 Å². The van der Waals surface area contributed by atoms with E-state index in [1.807, 2.05) is 0 Å². The van der Waals surface area contributed by atoms with Crippen LogP contribution in [0, 0.1) is 32.6 Å². The van der Waals surface area contributed by atoms with Crippen molar-refractivity contribution in [3.63, 3.8) is 0 Å². The van der Waals surface area contributed by atoms with E-state index in [0.29, 0.717) is 5.92 Å². The van der Waals surface area contributed by atoms with E-state index in [9.17, 15) is 0 Å². The standard InChI is InChI=1S/C18H29N/c1-5-15-7-6-8-16(11-15)18(19)17-13(3)9-12(2)10-14(17)4/h9-10,15-16,18H,5-8,11,19H2,1-4H3. The molecule has 0 heterocycles. The van der Waals surface area contributed by atoms with E-state index in [-0.39, 0.29) is 6.04 Å². The molecule has 1 aliphatic carbocycles. The lowest BCUT2D eigenvalue weighted by Crippen LogP contribution is -2.28. The van der Waals surface area contributed by atoms with Gasteiger partial charge in [0.15, 0.2) is 0 Å². The second kappa shape index (κ2) is 6.09. The molecule has 0 bridgehead atoms. The third-order valence-corrected chi connectivity index (χ3v) is 4.98. The van der Waals surface area contributed by atoms with Crippen molar-refractivity contribution in [1.29, 1.82) is 0 Å².